The predicted octanol–water partition coefficient (Wildman–Crippen LogP) is 2.61. The highest BCUT2D eigenvalue weighted by atomic mass is 16.5. The van der Waals surface area contributed by atoms with Gasteiger partial charge in [-0.25, -0.2) is 0 Å². The number of benzene rings is 2. The summed E-state index contributed by atoms with van der Waals surface area (Å²) in [5.41, 5.74) is 2.41. The molecule has 0 atom stereocenters. The molecular formula is C19H20N4O4. The lowest BCUT2D eigenvalue weighted by Crippen LogP contribution is -2.20. The van der Waals surface area contributed by atoms with E-state index in [0.717, 1.165) is 11.3 Å². The van der Waals surface area contributed by atoms with E-state index in [9.17, 15) is 4.79 Å². The molecule has 2 aromatic carbocycles. The zero-order valence-electron chi connectivity index (χ0n) is 15.3. The van der Waals surface area contributed by atoms with E-state index in [-0.39, 0.29) is 12.5 Å². The summed E-state index contributed by atoms with van der Waals surface area (Å²) in [5, 5.41) is 10.4. The van der Waals surface area contributed by atoms with Crippen LogP contribution in [0.15, 0.2) is 49.1 Å². The van der Waals surface area contributed by atoms with Crippen LogP contribution in [0.4, 0.5) is 5.69 Å². The van der Waals surface area contributed by atoms with Gasteiger partial charge in [-0.05, 0) is 36.8 Å². The smallest absolute Gasteiger partial charge is 0.262 e. The maximum atomic E-state index is 12.3. The first-order valence-corrected chi connectivity index (χ1v) is 8.21. The number of carbonyl (C=O) groups is 1. The second-order valence-corrected chi connectivity index (χ2v) is 5.75. The molecule has 0 saturated heterocycles. The average Bonchev–Trinajstić information content (AvgIpc) is 3.21. The van der Waals surface area contributed by atoms with Gasteiger partial charge in [0.15, 0.2) is 18.1 Å². The molecule has 0 aliphatic heterocycles. The lowest BCUT2D eigenvalue weighted by atomic mass is 10.2. The number of nitrogens with one attached hydrogen (secondary N) is 1. The molecule has 3 aromatic rings. The Morgan fingerprint density at radius 1 is 1.00 bits per heavy atom. The number of ether oxygens (including phenoxy) is 3. The predicted molar refractivity (Wildman–Crippen MR) is 99.8 cm³/mol. The molecule has 0 aliphatic carbocycles. The van der Waals surface area contributed by atoms with Crippen LogP contribution in [0.3, 0.4) is 0 Å². The highest BCUT2D eigenvalue weighted by Crippen LogP contribution is 2.29. The highest BCUT2D eigenvalue weighted by molar-refractivity contribution is 5.92. The van der Waals surface area contributed by atoms with Crippen molar-refractivity contribution >= 4 is 11.6 Å². The Balaban J connectivity index is 1.68. The number of amides is 1. The zero-order chi connectivity index (χ0) is 19.2. The summed E-state index contributed by atoms with van der Waals surface area (Å²) in [4.78, 5) is 12.3. The Morgan fingerprint density at radius 2 is 1.70 bits per heavy atom. The summed E-state index contributed by atoms with van der Waals surface area (Å²) in [7, 11) is 3.09. The number of nitrogens with zero attached hydrogens (tertiary/aromatic N) is 3. The SMILES string of the molecule is COc1ccc(NC(=O)COc2ccc(C)cc2-n2cnnc2)cc1OC. The van der Waals surface area contributed by atoms with E-state index < -0.39 is 0 Å². The van der Waals surface area contributed by atoms with Crippen molar-refractivity contribution in [2.45, 2.75) is 6.92 Å². The van der Waals surface area contributed by atoms with Crippen LogP contribution in [0.1, 0.15) is 5.56 Å². The summed E-state index contributed by atoms with van der Waals surface area (Å²) < 4.78 is 17.9. The monoisotopic (exact) mass is 368 g/mol. The van der Waals surface area contributed by atoms with Crippen LogP contribution in [-0.2, 0) is 4.79 Å². The molecular weight excluding hydrogens is 348 g/mol. The van der Waals surface area contributed by atoms with Crippen molar-refractivity contribution in [1.29, 1.82) is 0 Å². The summed E-state index contributed by atoms with van der Waals surface area (Å²) >= 11 is 0. The first kappa shape index (κ1) is 18.2. The highest BCUT2D eigenvalue weighted by Gasteiger charge is 2.11. The zero-order valence-corrected chi connectivity index (χ0v) is 15.3. The van der Waals surface area contributed by atoms with Gasteiger partial charge in [0.2, 0.25) is 0 Å². The van der Waals surface area contributed by atoms with Crippen molar-refractivity contribution in [3.8, 4) is 22.9 Å². The van der Waals surface area contributed by atoms with Crippen LogP contribution in [0, 0.1) is 6.92 Å². The maximum Gasteiger partial charge on any atom is 0.262 e. The van der Waals surface area contributed by atoms with E-state index in [1.165, 1.54) is 7.11 Å². The third-order valence-corrected chi connectivity index (χ3v) is 3.84. The number of hydrogen-bond acceptors (Lipinski definition) is 6. The molecule has 0 unspecified atom stereocenters. The minimum Gasteiger partial charge on any atom is -0.493 e. The molecule has 0 radical (unpaired) electrons. The third kappa shape index (κ3) is 4.35. The van der Waals surface area contributed by atoms with Gasteiger partial charge < -0.3 is 19.5 Å². The molecule has 1 heterocycles. The molecule has 3 rings (SSSR count). The number of anilines is 1. The molecule has 1 N–H and O–H groups in total. The Bertz CT molecular complexity index is 925. The van der Waals surface area contributed by atoms with Gasteiger partial charge in [0, 0.05) is 11.8 Å². The van der Waals surface area contributed by atoms with Gasteiger partial charge in [-0.2, -0.15) is 0 Å². The fourth-order valence-electron chi connectivity index (χ4n) is 2.53. The Labute approximate surface area is 156 Å². The molecule has 0 spiro atoms. The maximum absolute atomic E-state index is 12.3. The van der Waals surface area contributed by atoms with Crippen LogP contribution in [0.25, 0.3) is 5.69 Å². The van der Waals surface area contributed by atoms with Crippen molar-refractivity contribution in [3.63, 3.8) is 0 Å². The average molecular weight is 368 g/mol. The van der Waals surface area contributed by atoms with E-state index in [2.05, 4.69) is 15.5 Å². The fraction of sp³-hybridized carbons (Fsp3) is 0.211. The van der Waals surface area contributed by atoms with Crippen LogP contribution < -0.4 is 19.5 Å². The van der Waals surface area contributed by atoms with Gasteiger partial charge in [-0.1, -0.05) is 6.07 Å². The summed E-state index contributed by atoms with van der Waals surface area (Å²) in [6, 6.07) is 10.8. The normalized spacial score (nSPS) is 10.3. The van der Waals surface area contributed by atoms with Crippen LogP contribution in [0.2, 0.25) is 0 Å². The van der Waals surface area contributed by atoms with Crippen LogP contribution >= 0.6 is 0 Å². The standard InChI is InChI=1S/C19H20N4O4/c1-13-4-6-16(15(8-13)23-11-20-21-12-23)27-10-19(24)22-14-5-7-17(25-2)18(9-14)26-3/h4-9,11-12H,10H2,1-3H3,(H,22,24). The number of aryl methyl sites for hydroxylation is 1. The Hall–Kier alpha value is -3.55. The van der Waals surface area contributed by atoms with Gasteiger partial charge in [-0.15, -0.1) is 10.2 Å². The second kappa shape index (κ2) is 8.22. The lowest BCUT2D eigenvalue weighted by molar-refractivity contribution is -0.118. The molecule has 0 bridgehead atoms. The van der Waals surface area contributed by atoms with Gasteiger partial charge in [0.1, 0.15) is 18.4 Å². The Kier molecular flexibility index (Phi) is 5.55. The summed E-state index contributed by atoms with van der Waals surface area (Å²) in [5.74, 6) is 1.38. The summed E-state index contributed by atoms with van der Waals surface area (Å²) in [6.07, 6.45) is 3.15. The molecule has 27 heavy (non-hydrogen) atoms. The largest absolute Gasteiger partial charge is 0.493 e. The fourth-order valence-corrected chi connectivity index (χ4v) is 2.53. The van der Waals surface area contributed by atoms with Gasteiger partial charge >= 0.3 is 0 Å². The van der Waals surface area contributed by atoms with E-state index in [4.69, 9.17) is 14.2 Å². The number of methoxy groups -OCH3 is 2. The van der Waals surface area contributed by atoms with E-state index in [1.54, 1.807) is 42.5 Å². The van der Waals surface area contributed by atoms with Gasteiger partial charge in [-0.3, -0.25) is 9.36 Å². The second-order valence-electron chi connectivity index (χ2n) is 5.75. The minimum absolute atomic E-state index is 0.146. The van der Waals surface area contributed by atoms with Crippen LogP contribution in [0.5, 0.6) is 17.2 Å². The van der Waals surface area contributed by atoms with Crippen molar-refractivity contribution in [3.05, 3.63) is 54.6 Å². The third-order valence-electron chi connectivity index (χ3n) is 3.84. The Morgan fingerprint density at radius 3 is 2.41 bits per heavy atom. The van der Waals surface area contributed by atoms with Gasteiger partial charge in [0.25, 0.3) is 5.91 Å². The van der Waals surface area contributed by atoms with Crippen LogP contribution in [-0.4, -0.2) is 41.5 Å². The molecule has 8 heteroatoms. The minimum atomic E-state index is -0.294. The number of aromatic nitrogens is 3. The van der Waals surface area contributed by atoms with E-state index >= 15 is 0 Å². The molecule has 1 amide bonds. The van der Waals surface area contributed by atoms with E-state index in [0.29, 0.717) is 22.9 Å². The number of carbonyl (C=O) groups excluding carboxylic acids is 1. The molecule has 0 saturated carbocycles. The first-order chi connectivity index (χ1) is 13.1. The van der Waals surface area contributed by atoms with E-state index in [1.807, 2.05) is 25.1 Å². The van der Waals surface area contributed by atoms with Crippen molar-refractivity contribution < 1.29 is 19.0 Å². The van der Waals surface area contributed by atoms with Crippen molar-refractivity contribution in [2.75, 3.05) is 26.1 Å². The molecule has 1 aromatic heterocycles. The molecule has 140 valence electrons. The lowest BCUT2D eigenvalue weighted by Gasteiger charge is -2.13. The first-order valence-electron chi connectivity index (χ1n) is 8.21. The molecule has 0 fully saturated rings. The number of hydrogen-bond donors (Lipinski definition) is 1. The number of rotatable bonds is 7. The van der Waals surface area contributed by atoms with Crippen molar-refractivity contribution in [2.24, 2.45) is 0 Å². The quantitative estimate of drug-likeness (QED) is 0.690. The molecule has 0 aliphatic rings. The van der Waals surface area contributed by atoms with Gasteiger partial charge in [0.05, 0.1) is 19.9 Å². The topological polar surface area (TPSA) is 87.5 Å². The summed E-state index contributed by atoms with van der Waals surface area (Å²) in [6.45, 7) is 1.83. The molecule has 8 nitrogen and oxygen atoms in total. The van der Waals surface area contributed by atoms with Crippen molar-refractivity contribution in [1.82, 2.24) is 14.8 Å².